The van der Waals surface area contributed by atoms with E-state index in [0.29, 0.717) is 12.6 Å². The van der Waals surface area contributed by atoms with Gasteiger partial charge in [0.2, 0.25) is 5.95 Å². The number of benzene rings is 1. The molecule has 26 heavy (non-hydrogen) atoms. The van der Waals surface area contributed by atoms with Crippen LogP contribution in [0.5, 0.6) is 0 Å². The summed E-state index contributed by atoms with van der Waals surface area (Å²) in [5.74, 6) is 0.511. The lowest BCUT2D eigenvalue weighted by atomic mass is 10.0. The van der Waals surface area contributed by atoms with Crippen LogP contribution in [0.4, 0.5) is 5.95 Å². The van der Waals surface area contributed by atoms with Gasteiger partial charge in [0.05, 0.1) is 24.7 Å². The summed E-state index contributed by atoms with van der Waals surface area (Å²) in [6, 6.07) is 12.0. The highest BCUT2D eigenvalue weighted by molar-refractivity contribution is 5.81. The fraction of sp³-hybridized carbons (Fsp3) is 0.316. The van der Waals surface area contributed by atoms with E-state index < -0.39 is 0 Å². The summed E-state index contributed by atoms with van der Waals surface area (Å²) in [6.07, 6.45) is 2.64. The molecule has 2 aromatic heterocycles. The third-order valence-electron chi connectivity index (χ3n) is 4.47. The molecule has 7 nitrogen and oxygen atoms in total. The van der Waals surface area contributed by atoms with E-state index in [1.54, 1.807) is 6.20 Å². The number of fused-ring (bicyclic) bond motifs is 1. The van der Waals surface area contributed by atoms with Crippen LogP contribution in [0.2, 0.25) is 0 Å². The van der Waals surface area contributed by atoms with Crippen LogP contribution in [0.3, 0.4) is 0 Å². The summed E-state index contributed by atoms with van der Waals surface area (Å²) in [6.45, 7) is 3.54. The van der Waals surface area contributed by atoms with Crippen molar-refractivity contribution in [1.82, 2.24) is 25.1 Å². The van der Waals surface area contributed by atoms with Crippen molar-refractivity contribution in [3.8, 4) is 22.5 Å². The molecule has 3 aromatic rings. The van der Waals surface area contributed by atoms with Crippen LogP contribution in [-0.2, 0) is 13.1 Å². The summed E-state index contributed by atoms with van der Waals surface area (Å²) in [4.78, 5) is 8.97. The predicted octanol–water partition coefficient (Wildman–Crippen LogP) is 1.90. The zero-order chi connectivity index (χ0) is 17.9. The molecule has 4 rings (SSSR count). The normalized spacial score (nSPS) is 14.7. The van der Waals surface area contributed by atoms with Gasteiger partial charge >= 0.3 is 0 Å². The summed E-state index contributed by atoms with van der Waals surface area (Å²) >= 11 is 0. The first-order valence-corrected chi connectivity index (χ1v) is 8.83. The number of nitrogens with one attached hydrogen (secondary N) is 2. The summed E-state index contributed by atoms with van der Waals surface area (Å²) < 4.78 is 2.02. The lowest BCUT2D eigenvalue weighted by Gasteiger charge is -2.16. The molecule has 1 aliphatic rings. The van der Waals surface area contributed by atoms with E-state index >= 15 is 0 Å². The van der Waals surface area contributed by atoms with E-state index in [1.807, 2.05) is 35.9 Å². The van der Waals surface area contributed by atoms with E-state index in [1.165, 1.54) is 5.69 Å². The Morgan fingerprint density at radius 3 is 2.92 bits per heavy atom. The molecule has 0 saturated heterocycles. The summed E-state index contributed by atoms with van der Waals surface area (Å²) in [5.41, 5.74) is 5.09. The van der Waals surface area contributed by atoms with Gasteiger partial charge in [-0.15, -0.1) is 0 Å². The highest BCUT2D eigenvalue weighted by atomic mass is 16.3. The maximum Gasteiger partial charge on any atom is 0.223 e. The lowest BCUT2D eigenvalue weighted by molar-refractivity contribution is 0.281. The molecule has 0 aliphatic carbocycles. The number of rotatable bonds is 5. The molecule has 134 valence electrons. The first kappa shape index (κ1) is 16.7. The van der Waals surface area contributed by atoms with Crippen LogP contribution < -0.4 is 10.6 Å². The second kappa shape index (κ2) is 7.23. The third kappa shape index (κ3) is 3.18. The largest absolute Gasteiger partial charge is 0.394 e. The number of aliphatic hydroxyl groups is 1. The van der Waals surface area contributed by atoms with Crippen molar-refractivity contribution in [1.29, 1.82) is 0 Å². The van der Waals surface area contributed by atoms with Gasteiger partial charge in [0.25, 0.3) is 0 Å². The summed E-state index contributed by atoms with van der Waals surface area (Å²) in [7, 11) is 0. The first-order valence-electron chi connectivity index (χ1n) is 8.83. The minimum absolute atomic E-state index is 0.0255. The number of hydrogen-bond donors (Lipinski definition) is 3. The van der Waals surface area contributed by atoms with Gasteiger partial charge in [-0.25, -0.2) is 9.97 Å². The molecule has 1 aromatic carbocycles. The highest BCUT2D eigenvalue weighted by Crippen LogP contribution is 2.34. The number of aliphatic hydroxyl groups excluding tert-OH is 1. The second-order valence-corrected chi connectivity index (χ2v) is 6.44. The van der Waals surface area contributed by atoms with Crippen molar-refractivity contribution >= 4 is 5.95 Å². The molecular formula is C19H22N6O. The Balaban J connectivity index is 1.83. The Bertz CT molecular complexity index is 892. The van der Waals surface area contributed by atoms with Crippen LogP contribution in [-0.4, -0.2) is 44.0 Å². The molecule has 0 unspecified atom stereocenters. The molecule has 0 saturated carbocycles. The maximum absolute atomic E-state index is 9.26. The van der Waals surface area contributed by atoms with Gasteiger partial charge in [-0.2, -0.15) is 5.10 Å². The van der Waals surface area contributed by atoms with E-state index in [-0.39, 0.29) is 12.6 Å². The topological polar surface area (TPSA) is 87.9 Å². The molecule has 3 heterocycles. The van der Waals surface area contributed by atoms with Gasteiger partial charge in [-0.3, -0.25) is 10.00 Å². The molecule has 1 atom stereocenters. The fourth-order valence-corrected chi connectivity index (χ4v) is 3.17. The maximum atomic E-state index is 9.26. The smallest absolute Gasteiger partial charge is 0.223 e. The Kier molecular flexibility index (Phi) is 4.64. The minimum Gasteiger partial charge on any atom is -0.394 e. The molecular weight excluding hydrogens is 328 g/mol. The average Bonchev–Trinajstić information content (AvgIpc) is 3.08. The lowest BCUT2D eigenvalue weighted by Crippen LogP contribution is -2.29. The first-order chi connectivity index (χ1) is 12.8. The number of hydrogen-bond acceptors (Lipinski definition) is 6. The SMILES string of the molecule is C[C@@H](CO)Nc1nccc(-c2c(-c3ccccc3)nn3c2CCNC3)n1. The van der Waals surface area contributed by atoms with Crippen molar-refractivity contribution in [3.63, 3.8) is 0 Å². The average molecular weight is 350 g/mol. The standard InChI is InChI=1S/C19H22N6O/c1-13(11-26)22-19-21-10-7-15(23-19)17-16-8-9-20-12-25(16)24-18(17)14-5-3-2-4-6-14/h2-7,10,13,20,26H,8-9,11-12H2,1H3,(H,21,22,23)/t13-/m0/s1. The molecule has 1 aliphatic heterocycles. The molecule has 0 radical (unpaired) electrons. The van der Waals surface area contributed by atoms with Gasteiger partial charge in [0.15, 0.2) is 0 Å². The predicted molar refractivity (Wildman–Crippen MR) is 101 cm³/mol. The van der Waals surface area contributed by atoms with Crippen molar-refractivity contribution < 1.29 is 5.11 Å². The third-order valence-corrected chi connectivity index (χ3v) is 4.47. The molecule has 0 amide bonds. The minimum atomic E-state index is -0.107. The number of anilines is 1. The molecule has 0 bridgehead atoms. The van der Waals surface area contributed by atoms with Crippen molar-refractivity contribution in [2.75, 3.05) is 18.5 Å². The Morgan fingerprint density at radius 2 is 2.12 bits per heavy atom. The zero-order valence-electron chi connectivity index (χ0n) is 14.7. The molecule has 3 N–H and O–H groups in total. The monoisotopic (exact) mass is 350 g/mol. The highest BCUT2D eigenvalue weighted by Gasteiger charge is 2.23. The molecule has 0 fully saturated rings. The quantitative estimate of drug-likeness (QED) is 0.651. The van der Waals surface area contributed by atoms with Crippen LogP contribution in [0.25, 0.3) is 22.5 Å². The van der Waals surface area contributed by atoms with Crippen molar-refractivity contribution in [2.24, 2.45) is 0 Å². The summed E-state index contributed by atoms with van der Waals surface area (Å²) in [5, 5.41) is 20.6. The van der Waals surface area contributed by atoms with E-state index in [2.05, 4.69) is 27.8 Å². The van der Waals surface area contributed by atoms with Crippen LogP contribution in [0.1, 0.15) is 12.6 Å². The van der Waals surface area contributed by atoms with Crippen molar-refractivity contribution in [3.05, 3.63) is 48.3 Å². The molecule has 0 spiro atoms. The Hall–Kier alpha value is -2.77. The van der Waals surface area contributed by atoms with E-state index in [4.69, 9.17) is 10.1 Å². The fourth-order valence-electron chi connectivity index (χ4n) is 3.17. The van der Waals surface area contributed by atoms with Gasteiger partial charge < -0.3 is 10.4 Å². The number of nitrogens with zero attached hydrogens (tertiary/aromatic N) is 4. The van der Waals surface area contributed by atoms with Crippen LogP contribution in [0.15, 0.2) is 42.6 Å². The second-order valence-electron chi connectivity index (χ2n) is 6.44. The Morgan fingerprint density at radius 1 is 1.27 bits per heavy atom. The molecule has 7 heteroatoms. The zero-order valence-corrected chi connectivity index (χ0v) is 14.7. The van der Waals surface area contributed by atoms with Crippen LogP contribution in [0, 0.1) is 0 Å². The van der Waals surface area contributed by atoms with Gasteiger partial charge in [-0.1, -0.05) is 30.3 Å². The van der Waals surface area contributed by atoms with E-state index in [0.717, 1.165) is 35.5 Å². The number of aromatic nitrogens is 4. The Labute approximate surface area is 152 Å². The van der Waals surface area contributed by atoms with Gasteiger partial charge in [0, 0.05) is 36.3 Å². The van der Waals surface area contributed by atoms with E-state index in [9.17, 15) is 5.11 Å². The van der Waals surface area contributed by atoms with Crippen molar-refractivity contribution in [2.45, 2.75) is 26.1 Å². The van der Waals surface area contributed by atoms with Crippen LogP contribution >= 0.6 is 0 Å². The van der Waals surface area contributed by atoms with Gasteiger partial charge in [0.1, 0.15) is 5.69 Å². The van der Waals surface area contributed by atoms with Gasteiger partial charge in [-0.05, 0) is 13.0 Å².